The third-order valence-electron chi connectivity index (χ3n) is 10.9. The number of aromatic nitrogens is 1. The highest BCUT2D eigenvalue weighted by Gasteiger charge is 2.35. The lowest BCUT2D eigenvalue weighted by Gasteiger charge is -2.28. The number of thioether (sulfide) groups is 1. The number of carboxylic acids is 1. The van der Waals surface area contributed by atoms with Crippen molar-refractivity contribution in [3.05, 3.63) is 36.0 Å². The van der Waals surface area contributed by atoms with Crippen molar-refractivity contribution in [2.75, 3.05) is 36.6 Å². The van der Waals surface area contributed by atoms with Crippen LogP contribution in [0.1, 0.15) is 71.3 Å². The van der Waals surface area contributed by atoms with E-state index in [2.05, 4.69) is 72.5 Å². The van der Waals surface area contributed by atoms with E-state index in [1.54, 1.807) is 26.1 Å². The van der Waals surface area contributed by atoms with E-state index >= 15 is 0 Å². The highest BCUT2D eigenvalue weighted by molar-refractivity contribution is 7.98. The van der Waals surface area contributed by atoms with Gasteiger partial charge in [0.2, 0.25) is 41.4 Å². The Morgan fingerprint density at radius 3 is 1.77 bits per heavy atom. The molecule has 9 atom stereocenters. The number of amides is 7. The first-order valence-corrected chi connectivity index (χ1v) is 25.6. The molecular weight excluding hydrogens is 967 g/mol. The second-order valence-electron chi connectivity index (χ2n) is 17.1. The number of aliphatic imine (C=N–C) groups is 1. The number of aromatic amines is 1. The number of carboxylic acid groups (broad SMARTS) is 1. The van der Waals surface area contributed by atoms with Gasteiger partial charge in [0.1, 0.15) is 42.3 Å². The molecule has 1 aromatic heterocycles. The first-order chi connectivity index (χ1) is 33.2. The highest BCUT2D eigenvalue weighted by Crippen LogP contribution is 2.19. The number of nitrogens with one attached hydrogen (secondary N) is 8. The van der Waals surface area contributed by atoms with E-state index in [1.807, 2.05) is 24.5 Å². The van der Waals surface area contributed by atoms with Gasteiger partial charge in [-0.2, -0.15) is 37.0 Å². The molecule has 0 unspecified atom stereocenters. The van der Waals surface area contributed by atoms with Gasteiger partial charge in [-0.1, -0.05) is 32.0 Å². The molecule has 2 rings (SSSR count). The number of carbonyl (C=O) groups excluding carboxylic acids is 7. The van der Waals surface area contributed by atoms with Crippen LogP contribution in [0.15, 0.2) is 35.5 Å². The number of hydrogen-bond acceptors (Lipinski definition) is 15. The van der Waals surface area contributed by atoms with Crippen LogP contribution >= 0.6 is 37.0 Å². The Kier molecular flexibility index (Phi) is 27.7. The molecule has 0 radical (unpaired) electrons. The summed E-state index contributed by atoms with van der Waals surface area (Å²) in [6.07, 6.45) is 3.26. The van der Waals surface area contributed by atoms with E-state index in [9.17, 15) is 48.6 Å². The summed E-state index contributed by atoms with van der Waals surface area (Å²) in [5.41, 5.74) is 24.1. The molecule has 0 spiro atoms. The van der Waals surface area contributed by atoms with Gasteiger partial charge < -0.3 is 75.3 Å². The number of guanidine groups is 1. The number of para-hydroxylation sites is 1. The summed E-state index contributed by atoms with van der Waals surface area (Å²) >= 11 is 9.90. The molecule has 0 aliphatic rings. The Morgan fingerprint density at radius 1 is 0.700 bits per heavy atom. The van der Waals surface area contributed by atoms with Crippen molar-refractivity contribution in [3.63, 3.8) is 0 Å². The molecule has 392 valence electrons. The number of hydrogen-bond donors (Lipinski definition) is 16. The van der Waals surface area contributed by atoms with Gasteiger partial charge in [0.25, 0.3) is 0 Å². The smallest absolute Gasteiger partial charge is 0.326 e. The van der Waals surface area contributed by atoms with E-state index in [1.165, 1.54) is 18.7 Å². The van der Waals surface area contributed by atoms with Gasteiger partial charge in [0.05, 0.1) is 12.1 Å². The monoisotopic (exact) mass is 1040 g/mol. The average Bonchev–Trinajstić information content (AvgIpc) is 3.72. The van der Waals surface area contributed by atoms with Gasteiger partial charge in [-0.25, -0.2) is 4.79 Å². The van der Waals surface area contributed by atoms with Crippen LogP contribution in [0, 0.1) is 5.92 Å². The van der Waals surface area contributed by atoms with E-state index < -0.39 is 102 Å². The van der Waals surface area contributed by atoms with E-state index in [0.29, 0.717) is 30.6 Å². The fourth-order valence-corrected chi connectivity index (χ4v) is 8.01. The number of aliphatic carboxylic acids is 1. The predicted molar refractivity (Wildman–Crippen MR) is 276 cm³/mol. The lowest BCUT2D eigenvalue weighted by atomic mass is 10.0. The molecule has 26 heteroatoms. The third-order valence-corrected chi connectivity index (χ3v) is 12.2. The number of aliphatic hydroxyl groups is 1. The molecule has 0 fully saturated rings. The Morgan fingerprint density at radius 2 is 1.21 bits per heavy atom. The van der Waals surface area contributed by atoms with E-state index in [4.69, 9.17) is 22.9 Å². The standard InChI is InChI=1S/C44H73N13O10S3/c1-23(2)18-31(39(62)56-33(21-68)40(63)54-32(43(66)67)19-25-20-50-28-11-6-5-10-26(25)28)53-38(61)29(12-7-8-15-45)51-37(60)30(13-9-16-49-44(47)48)52-42(65)35(24(3)58)57-41(64)34(22-69)55-36(59)27(46)14-17-70-4/h5-6,10-11,20,23-24,27,29-35,50,58,68-69H,7-9,12-19,21-22,45-46H2,1-4H3,(H,51,60)(H,52,65)(H,53,61)(H,54,63)(H,55,59)(H,56,62)(H,57,64)(H,66,67)(H4,47,48,49)/t24-,27+,29+,30+,31+,32+,33+,34+,35+/m1/s1. The number of unbranched alkanes of at least 4 members (excludes halogenated alkanes) is 1. The topological polar surface area (TPSA) is 393 Å². The summed E-state index contributed by atoms with van der Waals surface area (Å²) in [6.45, 7) is 5.14. The quantitative estimate of drug-likeness (QED) is 0.0155. The lowest BCUT2D eigenvalue weighted by molar-refractivity contribution is -0.142. The number of H-pyrrole nitrogens is 1. The number of nitrogens with zero attached hydrogens (tertiary/aromatic N) is 1. The van der Waals surface area contributed by atoms with Crippen molar-refractivity contribution in [3.8, 4) is 0 Å². The van der Waals surface area contributed by atoms with E-state index in [0.717, 1.165) is 10.9 Å². The fourth-order valence-electron chi connectivity index (χ4n) is 7.01. The number of thiol groups is 2. The SMILES string of the molecule is CSCC[C@H](N)C(=O)N[C@@H](CS)C(=O)N[C@H](C(=O)N[C@@H](CCCN=C(N)N)C(=O)N[C@@H](CCCCN)C(=O)N[C@@H](CC(C)C)C(=O)N[C@@H](CS)C(=O)N[C@@H](Cc1c[nH]c2ccccc12)C(=O)O)[C@@H](C)O. The summed E-state index contributed by atoms with van der Waals surface area (Å²) in [7, 11) is 0. The first-order valence-electron chi connectivity index (χ1n) is 23.0. The van der Waals surface area contributed by atoms with Crippen LogP contribution < -0.4 is 60.2 Å². The molecule has 0 saturated heterocycles. The van der Waals surface area contributed by atoms with Gasteiger partial charge in [-0.3, -0.25) is 38.6 Å². The summed E-state index contributed by atoms with van der Waals surface area (Å²) in [5, 5.41) is 39.3. The number of carbonyl (C=O) groups is 8. The molecule has 2 aromatic rings. The molecule has 7 amide bonds. The summed E-state index contributed by atoms with van der Waals surface area (Å²) in [4.78, 5) is 115. The van der Waals surface area contributed by atoms with E-state index in [-0.39, 0.29) is 68.6 Å². The lowest BCUT2D eigenvalue weighted by Crippen LogP contribution is -2.62. The van der Waals surface area contributed by atoms with Gasteiger partial charge >= 0.3 is 5.97 Å². The number of rotatable bonds is 33. The molecule has 70 heavy (non-hydrogen) atoms. The number of aliphatic hydroxyl groups excluding tert-OH is 1. The van der Waals surface area contributed by atoms with Crippen molar-refractivity contribution >= 4 is 101 Å². The highest BCUT2D eigenvalue weighted by atomic mass is 32.2. The Bertz CT molecular complexity index is 2070. The number of benzene rings is 1. The van der Waals surface area contributed by atoms with Crippen LogP contribution in [0.4, 0.5) is 0 Å². The second-order valence-corrected chi connectivity index (χ2v) is 18.8. The molecule has 0 aliphatic carbocycles. The summed E-state index contributed by atoms with van der Waals surface area (Å²) < 4.78 is 0. The number of nitrogens with two attached hydrogens (primary N) is 4. The maximum Gasteiger partial charge on any atom is 0.326 e. The molecular formula is C44H73N13O10S3. The Balaban J connectivity index is 2.32. The molecule has 0 saturated carbocycles. The van der Waals surface area contributed by atoms with Crippen molar-refractivity contribution in [1.29, 1.82) is 0 Å². The van der Waals surface area contributed by atoms with Crippen molar-refractivity contribution in [1.82, 2.24) is 42.2 Å². The Labute approximate surface area is 423 Å². The van der Waals surface area contributed by atoms with Crippen LogP contribution in [-0.4, -0.2) is 160 Å². The van der Waals surface area contributed by atoms with Crippen LogP contribution in [0.2, 0.25) is 0 Å². The molecule has 1 heterocycles. The molecule has 0 aliphatic heterocycles. The molecule has 23 nitrogen and oxygen atoms in total. The zero-order valence-corrected chi connectivity index (χ0v) is 42.7. The van der Waals surface area contributed by atoms with Crippen molar-refractivity contribution in [2.45, 2.75) is 127 Å². The minimum Gasteiger partial charge on any atom is -0.480 e. The Hall–Kier alpha value is -5.28. The second kappa shape index (κ2) is 31.8. The normalized spacial score (nSPS) is 15.1. The molecule has 0 bridgehead atoms. The summed E-state index contributed by atoms with van der Waals surface area (Å²) in [5.74, 6) is -7.21. The van der Waals surface area contributed by atoms with Gasteiger partial charge in [-0.15, -0.1) is 0 Å². The van der Waals surface area contributed by atoms with Crippen molar-refractivity contribution < 1.29 is 48.6 Å². The van der Waals surface area contributed by atoms with Gasteiger partial charge in [0.15, 0.2) is 5.96 Å². The maximum atomic E-state index is 14.1. The van der Waals surface area contributed by atoms with Crippen LogP contribution in [0.25, 0.3) is 10.9 Å². The fraction of sp³-hybridized carbons (Fsp3) is 0.614. The van der Waals surface area contributed by atoms with Crippen LogP contribution in [-0.2, 0) is 44.8 Å². The summed E-state index contributed by atoms with van der Waals surface area (Å²) in [6, 6.07) is -3.14. The number of fused-ring (bicyclic) bond motifs is 1. The van der Waals surface area contributed by atoms with Crippen LogP contribution in [0.5, 0.6) is 0 Å². The zero-order valence-electron chi connectivity index (χ0n) is 40.1. The van der Waals surface area contributed by atoms with Gasteiger partial charge in [-0.05, 0) is 88.0 Å². The zero-order chi connectivity index (χ0) is 52.5. The largest absolute Gasteiger partial charge is 0.480 e. The molecule has 18 N–H and O–H groups in total. The first kappa shape index (κ1) is 60.8. The molecule has 1 aromatic carbocycles. The maximum absolute atomic E-state index is 14.1. The van der Waals surface area contributed by atoms with Gasteiger partial charge in [0, 0.05) is 41.6 Å². The third kappa shape index (κ3) is 21.0. The average molecular weight is 1040 g/mol. The minimum atomic E-state index is -1.64. The van der Waals surface area contributed by atoms with Crippen molar-refractivity contribution in [2.24, 2.45) is 33.8 Å². The predicted octanol–water partition coefficient (Wildman–Crippen LogP) is -2.26. The van der Waals surface area contributed by atoms with Crippen LogP contribution in [0.3, 0.4) is 0 Å². The minimum absolute atomic E-state index is 0.0399.